The molecule has 2 aliphatic rings. The predicted octanol–water partition coefficient (Wildman–Crippen LogP) is 3.39. The lowest BCUT2D eigenvalue weighted by molar-refractivity contribution is 0.168. The Bertz CT molecular complexity index is 771. The smallest absolute Gasteiger partial charge is 0.415 e. The van der Waals surface area contributed by atoms with Crippen molar-refractivity contribution in [3.63, 3.8) is 0 Å². The van der Waals surface area contributed by atoms with E-state index in [0.29, 0.717) is 6.54 Å². The van der Waals surface area contributed by atoms with Crippen LogP contribution < -0.4 is 9.80 Å². The number of nitrogens with zero attached hydrogens (tertiary/aromatic N) is 3. The van der Waals surface area contributed by atoms with E-state index in [0.717, 1.165) is 37.3 Å². The van der Waals surface area contributed by atoms with Crippen molar-refractivity contribution in [2.24, 2.45) is 4.99 Å². The van der Waals surface area contributed by atoms with Gasteiger partial charge in [0.1, 0.15) is 0 Å². The predicted molar refractivity (Wildman–Crippen MR) is 101 cm³/mol. The van der Waals surface area contributed by atoms with Gasteiger partial charge in [-0.05, 0) is 38.0 Å². The molecule has 0 fully saturated rings. The molecule has 0 bridgehead atoms. The highest BCUT2D eigenvalue weighted by Gasteiger charge is 2.23. The summed E-state index contributed by atoms with van der Waals surface area (Å²) in [6.45, 7) is 6.13. The van der Waals surface area contributed by atoms with Gasteiger partial charge in [-0.3, -0.25) is 9.89 Å². The first-order valence-corrected chi connectivity index (χ1v) is 8.66. The van der Waals surface area contributed by atoms with Gasteiger partial charge < -0.3 is 9.64 Å². The molecular weight excluding hydrogens is 314 g/mol. The molecule has 1 aromatic carbocycles. The highest BCUT2D eigenvalue weighted by atomic mass is 16.6. The van der Waals surface area contributed by atoms with Gasteiger partial charge in [-0.25, -0.2) is 4.79 Å². The van der Waals surface area contributed by atoms with Crippen LogP contribution in [0, 0.1) is 11.8 Å². The van der Waals surface area contributed by atoms with Crippen molar-refractivity contribution in [1.82, 2.24) is 0 Å². The Hall–Kier alpha value is -2.74. The Morgan fingerprint density at radius 1 is 1.44 bits per heavy atom. The van der Waals surface area contributed by atoms with Crippen molar-refractivity contribution in [1.29, 1.82) is 0 Å². The fourth-order valence-electron chi connectivity index (χ4n) is 3.14. The van der Waals surface area contributed by atoms with E-state index in [1.807, 2.05) is 19.2 Å². The summed E-state index contributed by atoms with van der Waals surface area (Å²) in [6.07, 6.45) is 5.68. The molecule has 0 aromatic heterocycles. The average molecular weight is 337 g/mol. The Kier molecular flexibility index (Phi) is 5.39. The summed E-state index contributed by atoms with van der Waals surface area (Å²) in [6, 6.07) is 6.18. The standard InChI is InChI=1S/C20H23N3O2/c1-3-5-13-25-20(24)23(4-2)18-9-8-16-10-12-22(19(16)14-18)15-17-7-6-11-21-17/h7-9,11,14H,4,6,10,12-13,15H2,1-2H3. The van der Waals surface area contributed by atoms with Crippen molar-refractivity contribution < 1.29 is 9.53 Å². The van der Waals surface area contributed by atoms with Crippen LogP contribution in [0.25, 0.3) is 0 Å². The van der Waals surface area contributed by atoms with Crippen LogP contribution in [0.4, 0.5) is 16.2 Å². The van der Waals surface area contributed by atoms with Crippen molar-refractivity contribution in [2.75, 3.05) is 36.0 Å². The fraction of sp³-hybridized carbons (Fsp3) is 0.400. The largest absolute Gasteiger partial charge is 0.436 e. The van der Waals surface area contributed by atoms with Gasteiger partial charge in [-0.2, -0.15) is 0 Å². The first-order chi connectivity index (χ1) is 12.2. The van der Waals surface area contributed by atoms with Gasteiger partial charge in [0.15, 0.2) is 6.61 Å². The molecule has 25 heavy (non-hydrogen) atoms. The van der Waals surface area contributed by atoms with Crippen molar-refractivity contribution in [3.05, 3.63) is 35.5 Å². The maximum atomic E-state index is 12.3. The number of allylic oxidation sites excluding steroid dienone is 1. The third kappa shape index (κ3) is 3.85. The number of hydrogen-bond donors (Lipinski definition) is 0. The second-order valence-electron chi connectivity index (χ2n) is 5.95. The van der Waals surface area contributed by atoms with E-state index in [-0.39, 0.29) is 12.7 Å². The van der Waals surface area contributed by atoms with Crippen LogP contribution in [0.15, 0.2) is 35.0 Å². The van der Waals surface area contributed by atoms with Crippen LogP contribution in [0.2, 0.25) is 0 Å². The quantitative estimate of drug-likeness (QED) is 0.774. The number of rotatable bonds is 5. The van der Waals surface area contributed by atoms with E-state index in [2.05, 4.69) is 39.9 Å². The van der Waals surface area contributed by atoms with Gasteiger partial charge in [-0.1, -0.05) is 18.1 Å². The van der Waals surface area contributed by atoms with E-state index in [1.54, 1.807) is 11.8 Å². The van der Waals surface area contributed by atoms with E-state index in [9.17, 15) is 4.79 Å². The molecule has 0 saturated carbocycles. The highest BCUT2D eigenvalue weighted by Crippen LogP contribution is 2.33. The summed E-state index contributed by atoms with van der Waals surface area (Å²) < 4.78 is 5.22. The van der Waals surface area contributed by atoms with Crippen LogP contribution in [0.5, 0.6) is 0 Å². The molecule has 0 N–H and O–H groups in total. The van der Waals surface area contributed by atoms with Crippen LogP contribution in [-0.4, -0.2) is 38.5 Å². The SMILES string of the molecule is CC#CCOC(=O)N(CC)c1ccc2c(c1)N(CC1=CCC=N1)CC2. The summed E-state index contributed by atoms with van der Waals surface area (Å²) in [4.78, 5) is 20.7. The molecule has 0 unspecified atom stereocenters. The molecule has 0 spiro atoms. The van der Waals surface area contributed by atoms with Gasteiger partial charge in [0, 0.05) is 37.1 Å². The lowest BCUT2D eigenvalue weighted by atomic mass is 10.1. The second-order valence-corrected chi connectivity index (χ2v) is 5.95. The van der Waals surface area contributed by atoms with Gasteiger partial charge >= 0.3 is 6.09 Å². The lowest BCUT2D eigenvalue weighted by Crippen LogP contribution is -2.31. The van der Waals surface area contributed by atoms with Crippen LogP contribution >= 0.6 is 0 Å². The molecule has 0 atom stereocenters. The number of ether oxygens (including phenoxy) is 1. The third-order valence-corrected chi connectivity index (χ3v) is 4.42. The molecule has 1 aromatic rings. The maximum Gasteiger partial charge on any atom is 0.415 e. The monoisotopic (exact) mass is 337 g/mol. The normalized spacial score (nSPS) is 14.6. The maximum absolute atomic E-state index is 12.3. The Morgan fingerprint density at radius 3 is 3.04 bits per heavy atom. The van der Waals surface area contributed by atoms with E-state index in [1.165, 1.54) is 11.3 Å². The van der Waals surface area contributed by atoms with Gasteiger partial charge in [0.2, 0.25) is 0 Å². The minimum Gasteiger partial charge on any atom is -0.436 e. The number of anilines is 2. The van der Waals surface area contributed by atoms with Gasteiger partial charge in [0.05, 0.1) is 12.2 Å². The summed E-state index contributed by atoms with van der Waals surface area (Å²) >= 11 is 0. The molecule has 0 aliphatic carbocycles. The molecule has 0 radical (unpaired) electrons. The minimum absolute atomic E-state index is 0.120. The van der Waals surface area contributed by atoms with Crippen LogP contribution in [0.3, 0.4) is 0 Å². The molecule has 130 valence electrons. The minimum atomic E-state index is -0.363. The summed E-state index contributed by atoms with van der Waals surface area (Å²) in [5, 5.41) is 0. The number of aliphatic imine (C=N–C) groups is 1. The first-order valence-electron chi connectivity index (χ1n) is 8.66. The van der Waals surface area contributed by atoms with E-state index < -0.39 is 0 Å². The summed E-state index contributed by atoms with van der Waals surface area (Å²) in [7, 11) is 0. The van der Waals surface area contributed by atoms with Gasteiger partial charge in [0.25, 0.3) is 0 Å². The van der Waals surface area contributed by atoms with E-state index in [4.69, 9.17) is 4.74 Å². The van der Waals surface area contributed by atoms with Gasteiger partial charge in [-0.15, -0.1) is 5.92 Å². The number of benzene rings is 1. The van der Waals surface area contributed by atoms with Crippen LogP contribution in [-0.2, 0) is 11.2 Å². The zero-order valence-electron chi connectivity index (χ0n) is 14.8. The zero-order valence-corrected chi connectivity index (χ0v) is 14.8. The molecule has 5 heteroatoms. The fourth-order valence-corrected chi connectivity index (χ4v) is 3.14. The Morgan fingerprint density at radius 2 is 2.32 bits per heavy atom. The average Bonchev–Trinajstić information content (AvgIpc) is 3.26. The molecule has 2 heterocycles. The molecule has 2 aliphatic heterocycles. The molecule has 3 rings (SSSR count). The highest BCUT2D eigenvalue weighted by molar-refractivity contribution is 5.89. The zero-order chi connectivity index (χ0) is 17.6. The number of carbonyl (C=O) groups excluding carboxylic acids is 1. The molecule has 0 saturated heterocycles. The Balaban J connectivity index is 1.77. The second kappa shape index (κ2) is 7.89. The number of fused-ring (bicyclic) bond motifs is 1. The van der Waals surface area contributed by atoms with Crippen molar-refractivity contribution in [2.45, 2.75) is 26.7 Å². The Labute approximate surface area is 149 Å². The molecule has 1 amide bonds. The number of carbonyl (C=O) groups is 1. The van der Waals surface area contributed by atoms with Crippen LogP contribution in [0.1, 0.15) is 25.8 Å². The van der Waals surface area contributed by atoms with Crippen molar-refractivity contribution >= 4 is 23.7 Å². The molecule has 5 nitrogen and oxygen atoms in total. The third-order valence-electron chi connectivity index (χ3n) is 4.42. The van der Waals surface area contributed by atoms with E-state index >= 15 is 0 Å². The number of hydrogen-bond acceptors (Lipinski definition) is 4. The summed E-state index contributed by atoms with van der Waals surface area (Å²) in [5.41, 5.74) is 4.46. The topological polar surface area (TPSA) is 45.1 Å². The summed E-state index contributed by atoms with van der Waals surface area (Å²) in [5.74, 6) is 5.48. The number of amides is 1. The van der Waals surface area contributed by atoms with Crippen molar-refractivity contribution in [3.8, 4) is 11.8 Å². The molecular formula is C20H23N3O2. The first kappa shape index (κ1) is 17.1. The lowest BCUT2D eigenvalue weighted by Gasteiger charge is -2.23.